The number of halogens is 1. The SMILES string of the molecule is CC1(C)CCC(NS(=O)(=O)c2cc([N+](=O)[O-])ccc2F)C1. The fourth-order valence-electron chi connectivity index (χ4n) is 2.63. The van der Waals surface area contributed by atoms with E-state index in [1.807, 2.05) is 13.8 Å². The van der Waals surface area contributed by atoms with Crippen molar-refractivity contribution in [2.45, 2.75) is 44.0 Å². The maximum absolute atomic E-state index is 13.7. The molecule has 1 aliphatic carbocycles. The van der Waals surface area contributed by atoms with Gasteiger partial charge in [-0.05, 0) is 30.7 Å². The van der Waals surface area contributed by atoms with Crippen LogP contribution < -0.4 is 4.72 Å². The molecule has 0 heterocycles. The highest BCUT2D eigenvalue weighted by Gasteiger charge is 2.34. The minimum Gasteiger partial charge on any atom is -0.258 e. The first-order valence-electron chi connectivity index (χ1n) is 6.57. The van der Waals surface area contributed by atoms with Crippen LogP contribution >= 0.6 is 0 Å². The zero-order valence-corrected chi connectivity index (χ0v) is 12.6. The zero-order valence-electron chi connectivity index (χ0n) is 11.8. The summed E-state index contributed by atoms with van der Waals surface area (Å²) in [7, 11) is -4.11. The highest BCUT2D eigenvalue weighted by molar-refractivity contribution is 7.89. The van der Waals surface area contributed by atoms with Crippen LogP contribution in [-0.2, 0) is 10.0 Å². The second kappa shape index (κ2) is 5.34. The molecule has 0 amide bonds. The van der Waals surface area contributed by atoms with Gasteiger partial charge in [-0.25, -0.2) is 17.5 Å². The number of hydrogen-bond donors (Lipinski definition) is 1. The van der Waals surface area contributed by atoms with Crippen LogP contribution in [0.3, 0.4) is 0 Å². The summed E-state index contributed by atoms with van der Waals surface area (Å²) in [5.41, 5.74) is -0.419. The molecule has 0 spiro atoms. The van der Waals surface area contributed by atoms with Crippen LogP contribution in [0.2, 0.25) is 0 Å². The topological polar surface area (TPSA) is 89.3 Å². The maximum atomic E-state index is 13.7. The van der Waals surface area contributed by atoms with Crippen LogP contribution in [0.5, 0.6) is 0 Å². The molecule has 0 aliphatic heterocycles. The average Bonchev–Trinajstić information content (AvgIpc) is 2.67. The predicted octanol–water partition coefficient (Wildman–Crippen LogP) is 2.59. The van der Waals surface area contributed by atoms with Gasteiger partial charge in [0.2, 0.25) is 10.0 Å². The second-order valence-electron chi connectivity index (χ2n) is 6.10. The summed E-state index contributed by atoms with van der Waals surface area (Å²) in [6, 6.07) is 2.21. The van der Waals surface area contributed by atoms with Gasteiger partial charge in [-0.3, -0.25) is 10.1 Å². The summed E-state index contributed by atoms with van der Waals surface area (Å²) in [4.78, 5) is 9.26. The van der Waals surface area contributed by atoms with Gasteiger partial charge in [0, 0.05) is 18.2 Å². The molecule has 1 aromatic carbocycles. The highest BCUT2D eigenvalue weighted by atomic mass is 32.2. The van der Waals surface area contributed by atoms with Crippen molar-refractivity contribution in [3.8, 4) is 0 Å². The molecule has 1 atom stereocenters. The minimum absolute atomic E-state index is 0.0361. The molecule has 1 aromatic rings. The standard InChI is InChI=1S/C13H17FN2O4S/c1-13(2)6-5-9(8-13)15-21(19,20)12-7-10(16(17)18)3-4-11(12)14/h3-4,7,9,15H,5-6,8H2,1-2H3. The normalized spacial score (nSPS) is 21.4. The van der Waals surface area contributed by atoms with Gasteiger partial charge in [0.15, 0.2) is 0 Å². The predicted molar refractivity (Wildman–Crippen MR) is 74.8 cm³/mol. The van der Waals surface area contributed by atoms with E-state index in [0.29, 0.717) is 12.8 Å². The third-order valence-corrected chi connectivity index (χ3v) is 5.24. The van der Waals surface area contributed by atoms with Gasteiger partial charge in [0.05, 0.1) is 4.92 Å². The maximum Gasteiger partial charge on any atom is 0.270 e. The monoisotopic (exact) mass is 316 g/mol. The quantitative estimate of drug-likeness (QED) is 0.683. The molecule has 1 N–H and O–H groups in total. The van der Waals surface area contributed by atoms with E-state index < -0.39 is 31.3 Å². The molecule has 116 valence electrons. The van der Waals surface area contributed by atoms with Gasteiger partial charge in [-0.2, -0.15) is 0 Å². The first-order chi connectivity index (χ1) is 9.61. The lowest BCUT2D eigenvalue weighted by Gasteiger charge is -2.18. The van der Waals surface area contributed by atoms with Crippen molar-refractivity contribution < 1.29 is 17.7 Å². The van der Waals surface area contributed by atoms with Crippen molar-refractivity contribution in [3.05, 3.63) is 34.1 Å². The Kier molecular flexibility index (Phi) is 4.03. The molecule has 0 saturated heterocycles. The van der Waals surface area contributed by atoms with Crippen LogP contribution in [0.1, 0.15) is 33.1 Å². The molecule has 1 aliphatic rings. The number of nitro groups is 1. The number of hydrogen-bond acceptors (Lipinski definition) is 4. The highest BCUT2D eigenvalue weighted by Crippen LogP contribution is 2.37. The zero-order chi connectivity index (χ0) is 15.8. The number of nitrogens with one attached hydrogen (secondary N) is 1. The van der Waals surface area contributed by atoms with Crippen molar-refractivity contribution in [2.75, 3.05) is 0 Å². The molecule has 0 bridgehead atoms. The van der Waals surface area contributed by atoms with Gasteiger partial charge in [0.25, 0.3) is 5.69 Å². The number of sulfonamides is 1. The van der Waals surface area contributed by atoms with Gasteiger partial charge >= 0.3 is 0 Å². The van der Waals surface area contributed by atoms with E-state index in [2.05, 4.69) is 4.72 Å². The van der Waals surface area contributed by atoms with Crippen LogP contribution in [0.4, 0.5) is 10.1 Å². The molecule has 1 fully saturated rings. The number of nitrogens with zero attached hydrogens (tertiary/aromatic N) is 1. The van der Waals surface area contributed by atoms with Crippen LogP contribution in [0.15, 0.2) is 23.1 Å². The number of rotatable bonds is 4. The Balaban J connectivity index is 2.28. The van der Waals surface area contributed by atoms with Gasteiger partial charge in [0.1, 0.15) is 10.7 Å². The third-order valence-electron chi connectivity index (χ3n) is 3.71. The molecular weight excluding hydrogens is 299 g/mol. The van der Waals surface area contributed by atoms with E-state index in [0.717, 1.165) is 24.6 Å². The van der Waals surface area contributed by atoms with Crippen LogP contribution in [-0.4, -0.2) is 19.4 Å². The summed E-state index contributed by atoms with van der Waals surface area (Å²) >= 11 is 0. The van der Waals surface area contributed by atoms with Crippen molar-refractivity contribution in [1.82, 2.24) is 4.72 Å². The summed E-state index contributed by atoms with van der Waals surface area (Å²) < 4.78 is 40.6. The minimum atomic E-state index is -4.11. The van der Waals surface area contributed by atoms with Crippen molar-refractivity contribution in [1.29, 1.82) is 0 Å². The van der Waals surface area contributed by atoms with E-state index in [-0.39, 0.29) is 11.5 Å². The van der Waals surface area contributed by atoms with Crippen molar-refractivity contribution in [3.63, 3.8) is 0 Å². The van der Waals surface area contributed by atoms with Crippen LogP contribution in [0.25, 0.3) is 0 Å². The van der Waals surface area contributed by atoms with E-state index in [4.69, 9.17) is 0 Å². The van der Waals surface area contributed by atoms with E-state index in [9.17, 15) is 22.9 Å². The van der Waals surface area contributed by atoms with E-state index >= 15 is 0 Å². The molecule has 2 rings (SSSR count). The molecule has 8 heteroatoms. The molecule has 0 radical (unpaired) electrons. The van der Waals surface area contributed by atoms with Gasteiger partial charge < -0.3 is 0 Å². The van der Waals surface area contributed by atoms with Crippen LogP contribution in [0, 0.1) is 21.3 Å². The summed E-state index contributed by atoms with van der Waals surface area (Å²) in [5.74, 6) is -0.995. The Morgan fingerprint density at radius 2 is 2.10 bits per heavy atom. The average molecular weight is 316 g/mol. The molecule has 1 saturated carbocycles. The fraction of sp³-hybridized carbons (Fsp3) is 0.538. The largest absolute Gasteiger partial charge is 0.270 e. The lowest BCUT2D eigenvalue weighted by molar-refractivity contribution is -0.385. The Morgan fingerprint density at radius 1 is 1.43 bits per heavy atom. The lowest BCUT2D eigenvalue weighted by Crippen LogP contribution is -2.34. The Hall–Kier alpha value is -1.54. The lowest BCUT2D eigenvalue weighted by atomic mass is 9.92. The number of benzene rings is 1. The molecule has 6 nitrogen and oxygen atoms in total. The van der Waals surface area contributed by atoms with Crippen molar-refractivity contribution >= 4 is 15.7 Å². The number of nitro benzene ring substituents is 1. The smallest absolute Gasteiger partial charge is 0.258 e. The molecular formula is C13H17FN2O4S. The third kappa shape index (κ3) is 3.56. The van der Waals surface area contributed by atoms with Gasteiger partial charge in [-0.1, -0.05) is 13.8 Å². The number of non-ortho nitro benzene ring substituents is 1. The van der Waals surface area contributed by atoms with Gasteiger partial charge in [-0.15, -0.1) is 0 Å². The summed E-state index contributed by atoms with van der Waals surface area (Å²) in [5, 5.41) is 10.7. The molecule has 1 unspecified atom stereocenters. The Morgan fingerprint density at radius 3 is 2.62 bits per heavy atom. The summed E-state index contributed by atoms with van der Waals surface area (Å²) in [6.45, 7) is 4.07. The van der Waals surface area contributed by atoms with E-state index in [1.54, 1.807) is 0 Å². The first kappa shape index (κ1) is 15.8. The fourth-order valence-corrected chi connectivity index (χ4v) is 4.00. The summed E-state index contributed by atoms with van der Waals surface area (Å²) in [6.07, 6.45) is 2.20. The molecule has 0 aromatic heterocycles. The van der Waals surface area contributed by atoms with E-state index in [1.165, 1.54) is 0 Å². The van der Waals surface area contributed by atoms with Crippen molar-refractivity contribution in [2.24, 2.45) is 5.41 Å². The second-order valence-corrected chi connectivity index (χ2v) is 7.78. The molecule has 21 heavy (non-hydrogen) atoms. The Labute approximate surface area is 122 Å². The Bertz CT molecular complexity index is 673. The first-order valence-corrected chi connectivity index (χ1v) is 8.05.